The van der Waals surface area contributed by atoms with Crippen molar-refractivity contribution < 1.29 is 14.4 Å². The second-order valence-electron chi connectivity index (χ2n) is 4.29. The second kappa shape index (κ2) is 3.77. The highest BCUT2D eigenvalue weighted by atomic mass is 16.5. The molecule has 0 radical (unpaired) electrons. The van der Waals surface area contributed by atoms with Gasteiger partial charge in [0.05, 0.1) is 26.2 Å². The number of likely N-dealkylation sites (tertiary alicyclic amines) is 2. The summed E-state index contributed by atoms with van der Waals surface area (Å²) in [6, 6.07) is 0.365. The third kappa shape index (κ3) is 1.59. The second-order valence-corrected chi connectivity index (χ2v) is 4.29. The van der Waals surface area contributed by atoms with Gasteiger partial charge in [0, 0.05) is 12.5 Å². The molecule has 2 fully saturated rings. The van der Waals surface area contributed by atoms with Gasteiger partial charge in [-0.15, -0.1) is 0 Å². The van der Waals surface area contributed by atoms with Crippen LogP contribution in [-0.2, 0) is 4.74 Å². The van der Waals surface area contributed by atoms with E-state index < -0.39 is 0 Å². The van der Waals surface area contributed by atoms with Crippen LogP contribution < -0.4 is 4.90 Å². The molecule has 3 atom stereocenters. The molecule has 2 aliphatic rings. The topological polar surface area (TPSA) is 34.0 Å². The number of ether oxygens (including phenoxy) is 1. The summed E-state index contributed by atoms with van der Waals surface area (Å²) >= 11 is 0. The van der Waals surface area contributed by atoms with E-state index in [2.05, 4.69) is 7.05 Å². The van der Waals surface area contributed by atoms with Crippen LogP contribution in [0.15, 0.2) is 0 Å². The minimum atomic E-state index is -0.172. The van der Waals surface area contributed by atoms with Crippen LogP contribution >= 0.6 is 0 Å². The third-order valence-electron chi connectivity index (χ3n) is 3.38. The maximum atomic E-state index is 11.5. The number of carbonyl (C=O) groups excluding carboxylic acids is 1. The molecule has 2 heterocycles. The number of nitrogens with zero attached hydrogens (tertiary/aromatic N) is 1. The molecular formula is C10H18N2O2. The molecule has 1 unspecified atom stereocenters. The minimum absolute atomic E-state index is 0.172. The molecule has 0 spiro atoms. The molecule has 0 aliphatic carbocycles. The van der Waals surface area contributed by atoms with E-state index >= 15 is 0 Å². The zero-order valence-corrected chi connectivity index (χ0v) is 8.66. The van der Waals surface area contributed by atoms with Crippen LogP contribution in [-0.4, -0.2) is 43.8 Å². The SMILES string of the molecule is [CH2-][NH+]1C[C@H]2CCCN(C(=O)OC)[C@H]2C1. The van der Waals surface area contributed by atoms with Crippen molar-refractivity contribution in [1.29, 1.82) is 0 Å². The van der Waals surface area contributed by atoms with Crippen LogP contribution in [0.2, 0.25) is 0 Å². The first-order valence-corrected chi connectivity index (χ1v) is 5.23. The number of amides is 1. The van der Waals surface area contributed by atoms with E-state index in [0.717, 1.165) is 26.1 Å². The normalized spacial score (nSPS) is 36.7. The minimum Gasteiger partial charge on any atom is -0.466 e. The molecule has 1 amide bonds. The summed E-state index contributed by atoms with van der Waals surface area (Å²) in [7, 11) is 5.47. The molecule has 1 N–H and O–H groups in total. The fraction of sp³-hybridized carbons (Fsp3) is 0.800. The van der Waals surface area contributed by atoms with Gasteiger partial charge < -0.3 is 9.64 Å². The van der Waals surface area contributed by atoms with Crippen LogP contribution in [0, 0.1) is 13.0 Å². The van der Waals surface area contributed by atoms with Crippen LogP contribution in [0.4, 0.5) is 4.79 Å². The smallest absolute Gasteiger partial charge is 0.409 e. The number of rotatable bonds is 0. The highest BCUT2D eigenvalue weighted by Crippen LogP contribution is 2.24. The Kier molecular flexibility index (Phi) is 2.63. The molecule has 0 saturated carbocycles. The molecule has 0 bridgehead atoms. The van der Waals surface area contributed by atoms with E-state index in [4.69, 9.17) is 4.74 Å². The van der Waals surface area contributed by atoms with Crippen LogP contribution in [0.25, 0.3) is 0 Å². The lowest BCUT2D eigenvalue weighted by Crippen LogP contribution is -3.05. The van der Waals surface area contributed by atoms with Gasteiger partial charge in [0.1, 0.15) is 0 Å². The van der Waals surface area contributed by atoms with Crippen LogP contribution in [0.1, 0.15) is 12.8 Å². The molecular weight excluding hydrogens is 180 g/mol. The van der Waals surface area contributed by atoms with Crippen molar-refractivity contribution in [2.24, 2.45) is 5.92 Å². The summed E-state index contributed by atoms with van der Waals surface area (Å²) in [5, 5.41) is 0. The Morgan fingerprint density at radius 1 is 1.57 bits per heavy atom. The zero-order valence-electron chi connectivity index (χ0n) is 8.66. The lowest BCUT2D eigenvalue weighted by Gasteiger charge is -2.34. The number of hydrogen-bond acceptors (Lipinski definition) is 2. The number of piperidine rings is 1. The Labute approximate surface area is 84.8 Å². The van der Waals surface area contributed by atoms with Crippen LogP contribution in [0.5, 0.6) is 0 Å². The lowest BCUT2D eigenvalue weighted by atomic mass is 9.92. The number of carbonyl (C=O) groups is 1. The number of nitrogens with one attached hydrogen (secondary N) is 1. The maximum absolute atomic E-state index is 11.5. The molecule has 0 aromatic heterocycles. The Morgan fingerprint density at radius 2 is 2.36 bits per heavy atom. The number of hydrogen-bond donors (Lipinski definition) is 1. The van der Waals surface area contributed by atoms with Crippen molar-refractivity contribution in [2.75, 3.05) is 26.7 Å². The molecule has 14 heavy (non-hydrogen) atoms. The standard InChI is InChI=1S/C10H18N2O2/c1-11-6-8-4-3-5-12(9(8)7-11)10(13)14-2/h8-9,11H,1,3-7H2,2H3/t8-,9+/m1/s1. The number of fused-ring (bicyclic) bond motifs is 1. The van der Waals surface area contributed by atoms with E-state index in [1.54, 1.807) is 0 Å². The highest BCUT2D eigenvalue weighted by Gasteiger charge is 2.41. The van der Waals surface area contributed by atoms with Gasteiger partial charge in [0.15, 0.2) is 0 Å². The van der Waals surface area contributed by atoms with Gasteiger partial charge in [-0.1, -0.05) is 0 Å². The molecule has 4 heteroatoms. The van der Waals surface area contributed by atoms with Crippen molar-refractivity contribution in [3.63, 3.8) is 0 Å². The number of methoxy groups -OCH3 is 1. The molecule has 2 rings (SSSR count). The summed E-state index contributed by atoms with van der Waals surface area (Å²) < 4.78 is 4.79. The Balaban J connectivity index is 2.07. The first-order chi connectivity index (χ1) is 6.72. The largest absolute Gasteiger partial charge is 0.466 e. The summed E-state index contributed by atoms with van der Waals surface area (Å²) in [4.78, 5) is 14.7. The molecule has 4 nitrogen and oxygen atoms in total. The third-order valence-corrected chi connectivity index (χ3v) is 3.38. The Bertz CT molecular complexity index is 232. The van der Waals surface area contributed by atoms with Crippen LogP contribution in [0.3, 0.4) is 0 Å². The van der Waals surface area contributed by atoms with Crippen molar-refractivity contribution in [3.05, 3.63) is 7.05 Å². The van der Waals surface area contributed by atoms with E-state index in [-0.39, 0.29) is 6.09 Å². The van der Waals surface area contributed by atoms with E-state index in [0.29, 0.717) is 12.0 Å². The van der Waals surface area contributed by atoms with Gasteiger partial charge >= 0.3 is 6.09 Å². The van der Waals surface area contributed by atoms with E-state index in [1.165, 1.54) is 18.4 Å². The monoisotopic (exact) mass is 198 g/mol. The van der Waals surface area contributed by atoms with Gasteiger partial charge in [-0.3, -0.25) is 4.90 Å². The fourth-order valence-electron chi connectivity index (χ4n) is 2.75. The highest BCUT2D eigenvalue weighted by molar-refractivity contribution is 5.68. The summed E-state index contributed by atoms with van der Waals surface area (Å²) in [5.74, 6) is 0.635. The summed E-state index contributed by atoms with van der Waals surface area (Å²) in [6.07, 6.45) is 2.16. The first kappa shape index (κ1) is 9.77. The zero-order chi connectivity index (χ0) is 10.1. The predicted molar refractivity (Wildman–Crippen MR) is 51.7 cm³/mol. The van der Waals surface area contributed by atoms with Crippen molar-refractivity contribution in [1.82, 2.24) is 4.90 Å². The predicted octanol–water partition coefficient (Wildman–Crippen LogP) is -0.477. The van der Waals surface area contributed by atoms with Gasteiger partial charge in [-0.25, -0.2) is 4.79 Å². The number of quaternary nitrogens is 1. The van der Waals surface area contributed by atoms with Crippen molar-refractivity contribution in [2.45, 2.75) is 18.9 Å². The van der Waals surface area contributed by atoms with E-state index in [9.17, 15) is 4.79 Å². The molecule has 0 aromatic rings. The maximum Gasteiger partial charge on any atom is 0.409 e. The lowest BCUT2D eigenvalue weighted by molar-refractivity contribution is -0.842. The van der Waals surface area contributed by atoms with Gasteiger partial charge in [0.2, 0.25) is 0 Å². The quantitative estimate of drug-likeness (QED) is 0.534. The van der Waals surface area contributed by atoms with Crippen molar-refractivity contribution in [3.8, 4) is 0 Å². The molecule has 2 saturated heterocycles. The average Bonchev–Trinajstić information content (AvgIpc) is 2.56. The summed E-state index contributed by atoms with van der Waals surface area (Å²) in [6.45, 7) is 2.92. The molecule has 2 aliphatic heterocycles. The van der Waals surface area contributed by atoms with Crippen molar-refractivity contribution >= 4 is 6.09 Å². The molecule has 80 valence electrons. The van der Waals surface area contributed by atoms with Gasteiger partial charge in [-0.2, -0.15) is 7.05 Å². The summed E-state index contributed by atoms with van der Waals surface area (Å²) in [5.41, 5.74) is 0. The Morgan fingerprint density at radius 3 is 3.07 bits per heavy atom. The first-order valence-electron chi connectivity index (χ1n) is 5.23. The van der Waals surface area contributed by atoms with E-state index in [1.807, 2.05) is 4.90 Å². The van der Waals surface area contributed by atoms with Gasteiger partial charge in [0.25, 0.3) is 0 Å². The molecule has 0 aromatic carbocycles. The fourth-order valence-corrected chi connectivity index (χ4v) is 2.75. The Hall–Kier alpha value is -0.770. The van der Waals surface area contributed by atoms with Gasteiger partial charge in [-0.05, 0) is 12.8 Å². The average molecular weight is 198 g/mol.